The molecule has 2 heterocycles. The lowest BCUT2D eigenvalue weighted by Crippen LogP contribution is -2.52. The van der Waals surface area contributed by atoms with Gasteiger partial charge in [0.25, 0.3) is 5.91 Å². The lowest BCUT2D eigenvalue weighted by Gasteiger charge is -2.37. The number of hydrogen-bond donors (Lipinski definition) is 2. The van der Waals surface area contributed by atoms with E-state index < -0.39 is 0 Å². The highest BCUT2D eigenvalue weighted by atomic mass is 79.9. The molecule has 1 aromatic rings. The maximum Gasteiger partial charge on any atom is 0.317 e. The molecule has 30 heavy (non-hydrogen) atoms. The Morgan fingerprint density at radius 3 is 2.83 bits per heavy atom. The van der Waals surface area contributed by atoms with Gasteiger partial charge in [-0.1, -0.05) is 19.8 Å². The van der Waals surface area contributed by atoms with E-state index >= 15 is 0 Å². The van der Waals surface area contributed by atoms with Crippen molar-refractivity contribution in [3.05, 3.63) is 22.3 Å². The Kier molecular flexibility index (Phi) is 7.57. The van der Waals surface area contributed by atoms with Crippen LogP contribution in [0.2, 0.25) is 0 Å². The summed E-state index contributed by atoms with van der Waals surface area (Å²) in [6, 6.07) is 1.48. The first-order chi connectivity index (χ1) is 14.3. The molecular formula is C21H31BrN4O4. The van der Waals surface area contributed by atoms with Crippen LogP contribution >= 0.6 is 15.9 Å². The van der Waals surface area contributed by atoms with Crippen LogP contribution < -0.4 is 10.1 Å². The lowest BCUT2D eigenvalue weighted by molar-refractivity contribution is 0.0351. The van der Waals surface area contributed by atoms with E-state index in [0.717, 1.165) is 25.7 Å². The number of nitrogens with zero attached hydrogens (tertiary/aromatic N) is 3. The van der Waals surface area contributed by atoms with Crippen molar-refractivity contribution in [3.63, 3.8) is 0 Å². The summed E-state index contributed by atoms with van der Waals surface area (Å²) >= 11 is 3.37. The predicted octanol–water partition coefficient (Wildman–Crippen LogP) is 2.65. The van der Waals surface area contributed by atoms with Gasteiger partial charge in [-0.3, -0.25) is 4.79 Å². The van der Waals surface area contributed by atoms with Crippen LogP contribution in [0.3, 0.4) is 0 Å². The fourth-order valence-corrected chi connectivity index (χ4v) is 4.33. The summed E-state index contributed by atoms with van der Waals surface area (Å²) in [6.07, 6.45) is 5.60. The highest BCUT2D eigenvalue weighted by Crippen LogP contribution is 2.28. The first-order valence-corrected chi connectivity index (χ1v) is 11.3. The van der Waals surface area contributed by atoms with E-state index in [1.807, 2.05) is 13.8 Å². The van der Waals surface area contributed by atoms with E-state index in [0.29, 0.717) is 23.1 Å². The first kappa shape index (κ1) is 22.8. The predicted molar refractivity (Wildman–Crippen MR) is 117 cm³/mol. The number of urea groups is 1. The number of carbonyl (C=O) groups is 2. The molecule has 0 radical (unpaired) electrons. The molecule has 1 aliphatic carbocycles. The summed E-state index contributed by atoms with van der Waals surface area (Å²) in [5.74, 6) is -0.0410. The third-order valence-corrected chi connectivity index (χ3v) is 6.40. The van der Waals surface area contributed by atoms with Gasteiger partial charge in [-0.25, -0.2) is 9.78 Å². The Morgan fingerprint density at radius 1 is 1.47 bits per heavy atom. The van der Waals surface area contributed by atoms with Crippen molar-refractivity contribution in [2.45, 2.75) is 57.7 Å². The zero-order valence-electron chi connectivity index (χ0n) is 17.8. The molecule has 2 N–H and O–H groups in total. The minimum atomic E-state index is -0.349. The van der Waals surface area contributed by atoms with E-state index in [4.69, 9.17) is 4.74 Å². The van der Waals surface area contributed by atoms with Crippen LogP contribution in [0, 0.1) is 5.92 Å². The van der Waals surface area contributed by atoms with Crippen molar-refractivity contribution in [3.8, 4) is 5.88 Å². The molecule has 3 rings (SSSR count). The minimum Gasteiger partial charge on any atom is -0.472 e. The Hall–Kier alpha value is -1.87. The minimum absolute atomic E-state index is 0.0664. The van der Waals surface area contributed by atoms with Crippen LogP contribution in [-0.2, 0) is 0 Å². The number of rotatable bonds is 5. The molecule has 8 nitrogen and oxygen atoms in total. The normalized spacial score (nSPS) is 23.2. The molecule has 1 aliphatic heterocycles. The third kappa shape index (κ3) is 5.24. The van der Waals surface area contributed by atoms with Gasteiger partial charge >= 0.3 is 6.03 Å². The monoisotopic (exact) mass is 482 g/mol. The number of halogens is 1. The number of likely N-dealkylation sites (N-methyl/N-ethyl adjacent to an activating group) is 1. The second kappa shape index (κ2) is 9.96. The zero-order valence-corrected chi connectivity index (χ0v) is 19.4. The van der Waals surface area contributed by atoms with Gasteiger partial charge in [0.15, 0.2) is 0 Å². The number of nitrogens with one attached hydrogen (secondary N) is 1. The van der Waals surface area contributed by atoms with Gasteiger partial charge in [0.2, 0.25) is 5.88 Å². The Labute approximate surface area is 186 Å². The van der Waals surface area contributed by atoms with Crippen molar-refractivity contribution >= 4 is 27.9 Å². The number of ether oxygens (including phenoxy) is 1. The van der Waals surface area contributed by atoms with Gasteiger partial charge in [-0.2, -0.15) is 0 Å². The second-order valence-electron chi connectivity index (χ2n) is 8.44. The fourth-order valence-electron chi connectivity index (χ4n) is 4.00. The molecule has 3 atom stereocenters. The molecule has 166 valence electrons. The standard InChI is InChI=1S/C21H31BrN4O4/c1-13-10-26(14(2)12-27)20(28)17-8-15(22)9-23-19(17)30-18(13)11-25(3)21(29)24-16-6-4-5-7-16/h8-9,13-14,16,18,27H,4-7,10-12H2,1-3H3,(H,24,29)/t13-,14+,18-/m1/s1. The summed E-state index contributed by atoms with van der Waals surface area (Å²) in [5, 5.41) is 12.8. The number of hydrogen-bond acceptors (Lipinski definition) is 5. The van der Waals surface area contributed by atoms with Gasteiger partial charge in [0.1, 0.15) is 11.7 Å². The average Bonchev–Trinajstić information content (AvgIpc) is 3.23. The zero-order chi connectivity index (χ0) is 21.8. The summed E-state index contributed by atoms with van der Waals surface area (Å²) in [5.41, 5.74) is 0.347. The van der Waals surface area contributed by atoms with Crippen molar-refractivity contribution in [1.82, 2.24) is 20.1 Å². The van der Waals surface area contributed by atoms with Crippen LogP contribution in [0.5, 0.6) is 5.88 Å². The maximum atomic E-state index is 13.1. The molecule has 1 aromatic heterocycles. The van der Waals surface area contributed by atoms with E-state index in [9.17, 15) is 14.7 Å². The molecule has 3 amide bonds. The van der Waals surface area contributed by atoms with Gasteiger partial charge in [-0.05, 0) is 41.8 Å². The Balaban J connectivity index is 1.80. The first-order valence-electron chi connectivity index (χ1n) is 10.6. The summed E-state index contributed by atoms with van der Waals surface area (Å²) in [4.78, 5) is 33.4. The number of aliphatic hydroxyl groups is 1. The molecule has 0 saturated heterocycles. The molecule has 2 aliphatic rings. The SMILES string of the molecule is C[C@@H]1CN([C@@H](C)CO)C(=O)c2cc(Br)cnc2O[C@@H]1CN(C)C(=O)NC1CCCC1. The number of pyridine rings is 1. The van der Waals surface area contributed by atoms with Gasteiger partial charge in [-0.15, -0.1) is 0 Å². The largest absolute Gasteiger partial charge is 0.472 e. The molecule has 0 spiro atoms. The summed E-state index contributed by atoms with van der Waals surface area (Å²) in [7, 11) is 1.76. The molecule has 0 bridgehead atoms. The molecular weight excluding hydrogens is 452 g/mol. The van der Waals surface area contributed by atoms with Crippen LogP contribution in [0.25, 0.3) is 0 Å². The smallest absolute Gasteiger partial charge is 0.317 e. The lowest BCUT2D eigenvalue weighted by atomic mass is 10.0. The highest BCUT2D eigenvalue weighted by Gasteiger charge is 2.34. The van der Waals surface area contributed by atoms with Crippen LogP contribution in [-0.4, -0.2) is 76.8 Å². The third-order valence-electron chi connectivity index (χ3n) is 5.97. The van der Waals surface area contributed by atoms with Crippen LogP contribution in [0.1, 0.15) is 49.9 Å². The van der Waals surface area contributed by atoms with E-state index in [1.165, 1.54) is 0 Å². The fraction of sp³-hybridized carbons (Fsp3) is 0.667. The Morgan fingerprint density at radius 2 is 2.17 bits per heavy atom. The van der Waals surface area contributed by atoms with Gasteiger partial charge in [0.05, 0.1) is 19.2 Å². The second-order valence-corrected chi connectivity index (χ2v) is 9.36. The number of amides is 3. The number of fused-ring (bicyclic) bond motifs is 1. The molecule has 1 fully saturated rings. The van der Waals surface area contributed by atoms with Crippen molar-refractivity contribution in [2.75, 3.05) is 26.7 Å². The Bertz CT molecular complexity index is 771. The quantitative estimate of drug-likeness (QED) is 0.672. The average molecular weight is 483 g/mol. The van der Waals surface area contributed by atoms with Crippen LogP contribution in [0.4, 0.5) is 4.79 Å². The van der Waals surface area contributed by atoms with Crippen LogP contribution in [0.15, 0.2) is 16.7 Å². The summed E-state index contributed by atoms with van der Waals surface area (Å²) in [6.45, 7) is 4.45. The van der Waals surface area contributed by atoms with Crippen molar-refractivity contribution < 1.29 is 19.4 Å². The topological polar surface area (TPSA) is 95.0 Å². The number of carbonyl (C=O) groups excluding carboxylic acids is 2. The molecule has 0 aromatic carbocycles. The van der Waals surface area contributed by atoms with Gasteiger partial charge < -0.3 is 25.0 Å². The molecule has 9 heteroatoms. The van der Waals surface area contributed by atoms with E-state index in [2.05, 4.69) is 26.2 Å². The van der Waals surface area contributed by atoms with E-state index in [1.54, 1.807) is 29.1 Å². The summed E-state index contributed by atoms with van der Waals surface area (Å²) < 4.78 is 6.84. The number of aromatic nitrogens is 1. The van der Waals surface area contributed by atoms with E-state index in [-0.39, 0.29) is 48.5 Å². The molecule has 0 unspecified atom stereocenters. The van der Waals surface area contributed by atoms with Crippen molar-refractivity contribution in [2.24, 2.45) is 5.92 Å². The highest BCUT2D eigenvalue weighted by molar-refractivity contribution is 9.10. The number of aliphatic hydroxyl groups excluding tert-OH is 1. The van der Waals surface area contributed by atoms with Crippen molar-refractivity contribution in [1.29, 1.82) is 0 Å². The maximum absolute atomic E-state index is 13.1. The molecule has 1 saturated carbocycles. The van der Waals surface area contributed by atoms with Gasteiger partial charge in [0, 0.05) is 36.2 Å².